The number of alkyl halides is 2. The van der Waals surface area contributed by atoms with E-state index in [-0.39, 0.29) is 17.7 Å². The third-order valence-electron chi connectivity index (χ3n) is 6.80. The average molecular weight is 565 g/mol. The molecule has 13 heteroatoms. The predicted octanol–water partition coefficient (Wildman–Crippen LogP) is 3.48. The molecule has 41 heavy (non-hydrogen) atoms. The summed E-state index contributed by atoms with van der Waals surface area (Å²) < 4.78 is 31.2. The zero-order valence-corrected chi connectivity index (χ0v) is 22.4. The summed E-state index contributed by atoms with van der Waals surface area (Å²) in [4.78, 5) is 37.8. The van der Waals surface area contributed by atoms with E-state index >= 15 is 0 Å². The number of benzene rings is 2. The van der Waals surface area contributed by atoms with Gasteiger partial charge in [0, 0.05) is 68.5 Å². The molecule has 5 rings (SSSR count). The second-order valence-electron chi connectivity index (χ2n) is 9.47. The van der Waals surface area contributed by atoms with Crippen molar-refractivity contribution in [3.05, 3.63) is 72.2 Å². The maximum absolute atomic E-state index is 13.2. The number of halogens is 2. The van der Waals surface area contributed by atoms with Gasteiger partial charge in [-0.05, 0) is 55.0 Å². The monoisotopic (exact) mass is 564 g/mol. The highest BCUT2D eigenvalue weighted by Gasteiger charge is 2.25. The van der Waals surface area contributed by atoms with Crippen molar-refractivity contribution < 1.29 is 23.1 Å². The van der Waals surface area contributed by atoms with E-state index in [4.69, 9.17) is 5.73 Å². The van der Waals surface area contributed by atoms with Gasteiger partial charge in [0.25, 0.3) is 5.91 Å². The molecule has 1 fully saturated rings. The maximum Gasteiger partial charge on any atom is 0.387 e. The number of fused-ring (bicyclic) bond motifs is 1. The second-order valence-corrected chi connectivity index (χ2v) is 9.47. The minimum atomic E-state index is -2.88. The molecule has 4 N–H and O–H groups in total. The molecule has 214 valence electrons. The van der Waals surface area contributed by atoms with Gasteiger partial charge in [-0.1, -0.05) is 0 Å². The smallest absolute Gasteiger partial charge is 0.387 e. The molecule has 0 unspecified atom stereocenters. The summed E-state index contributed by atoms with van der Waals surface area (Å²) in [6, 6.07) is 11.6. The molecule has 0 spiro atoms. The largest absolute Gasteiger partial charge is 0.435 e. The molecule has 1 aliphatic heterocycles. The van der Waals surface area contributed by atoms with Crippen LogP contribution in [0.25, 0.3) is 16.9 Å². The van der Waals surface area contributed by atoms with Gasteiger partial charge in [-0.25, -0.2) is 14.8 Å². The third kappa shape index (κ3) is 6.19. The number of urea groups is 1. The van der Waals surface area contributed by atoms with Crippen molar-refractivity contribution >= 4 is 29.1 Å². The molecule has 0 radical (unpaired) electrons. The van der Waals surface area contributed by atoms with Gasteiger partial charge in [0.2, 0.25) is 0 Å². The number of carbonyl (C=O) groups excluding carboxylic acids is 2. The molecule has 3 heterocycles. The van der Waals surface area contributed by atoms with Crippen molar-refractivity contribution in [2.24, 2.45) is 5.73 Å². The van der Waals surface area contributed by atoms with Gasteiger partial charge in [0.05, 0.1) is 11.9 Å². The lowest BCUT2D eigenvalue weighted by atomic mass is 10.1. The fourth-order valence-corrected chi connectivity index (χ4v) is 4.72. The van der Waals surface area contributed by atoms with Crippen molar-refractivity contribution in [2.45, 2.75) is 13.5 Å². The van der Waals surface area contributed by atoms with E-state index in [1.807, 2.05) is 23.5 Å². The van der Waals surface area contributed by atoms with Crippen LogP contribution < -0.4 is 21.1 Å². The summed E-state index contributed by atoms with van der Waals surface area (Å²) in [5, 5.41) is 6.04. The highest BCUT2D eigenvalue weighted by Crippen LogP contribution is 2.28. The first kappa shape index (κ1) is 27.8. The second kappa shape index (κ2) is 12.2. The number of hydrogen-bond acceptors (Lipinski definition) is 7. The van der Waals surface area contributed by atoms with Crippen molar-refractivity contribution in [1.29, 1.82) is 0 Å². The first-order valence-electron chi connectivity index (χ1n) is 13.1. The van der Waals surface area contributed by atoms with E-state index in [0.29, 0.717) is 56.3 Å². The standard InChI is InChI=1S/C28H30F2N8O3/c1-18-16-20(4-7-22(18)26(39)36-12-14-37(15-13-36)28(40)33-9-8-31)35-24-25-34-17-23(38(25)11-10-32-24)19-2-5-21(6-3-19)41-27(29)30/h2-7,10-11,16-17,27H,8-9,12-15,31H2,1H3,(H,32,35)(H,33,40). The molecule has 1 saturated heterocycles. The summed E-state index contributed by atoms with van der Waals surface area (Å²) in [6.45, 7) is 1.59. The number of ether oxygens (including phenoxy) is 1. The number of aromatic nitrogens is 3. The predicted molar refractivity (Wildman–Crippen MR) is 149 cm³/mol. The molecular weight excluding hydrogens is 534 g/mol. The number of rotatable bonds is 8. The molecule has 4 aromatic rings. The fourth-order valence-electron chi connectivity index (χ4n) is 4.72. The highest BCUT2D eigenvalue weighted by molar-refractivity contribution is 5.96. The van der Waals surface area contributed by atoms with Gasteiger partial charge >= 0.3 is 12.6 Å². The zero-order chi connectivity index (χ0) is 28.9. The lowest BCUT2D eigenvalue weighted by Crippen LogP contribution is -2.53. The van der Waals surface area contributed by atoms with Crippen LogP contribution in [0.4, 0.5) is 25.1 Å². The number of imidazole rings is 1. The van der Waals surface area contributed by atoms with Gasteiger partial charge < -0.3 is 30.9 Å². The molecule has 0 aliphatic carbocycles. The molecule has 0 saturated carbocycles. The molecule has 2 aromatic heterocycles. The van der Waals surface area contributed by atoms with E-state index < -0.39 is 6.61 Å². The van der Waals surface area contributed by atoms with Crippen LogP contribution in [0.2, 0.25) is 0 Å². The minimum absolute atomic E-state index is 0.0758. The van der Waals surface area contributed by atoms with Gasteiger partial charge in [-0.15, -0.1) is 0 Å². The first-order chi connectivity index (χ1) is 19.8. The van der Waals surface area contributed by atoms with Crippen LogP contribution >= 0.6 is 0 Å². The fraction of sp³-hybridized carbons (Fsp3) is 0.286. The number of nitrogens with zero attached hydrogens (tertiary/aromatic N) is 5. The van der Waals surface area contributed by atoms with Crippen molar-refractivity contribution in [1.82, 2.24) is 29.5 Å². The Morgan fingerprint density at radius 1 is 1.05 bits per heavy atom. The van der Waals surface area contributed by atoms with Crippen molar-refractivity contribution in [3.8, 4) is 17.0 Å². The van der Waals surface area contributed by atoms with E-state index in [1.54, 1.807) is 46.6 Å². The number of amides is 3. The van der Waals surface area contributed by atoms with E-state index in [9.17, 15) is 18.4 Å². The summed E-state index contributed by atoms with van der Waals surface area (Å²) in [5.41, 5.74) is 9.66. The molecule has 0 bridgehead atoms. The lowest BCUT2D eigenvalue weighted by molar-refractivity contribution is -0.0498. The van der Waals surface area contributed by atoms with Crippen LogP contribution in [0, 0.1) is 6.92 Å². The Morgan fingerprint density at radius 3 is 2.46 bits per heavy atom. The number of carbonyl (C=O) groups is 2. The summed E-state index contributed by atoms with van der Waals surface area (Å²) in [5.74, 6) is 0.505. The van der Waals surface area contributed by atoms with E-state index in [2.05, 4.69) is 25.3 Å². The Hall–Kier alpha value is -4.78. The number of aryl methyl sites for hydroxylation is 1. The van der Waals surface area contributed by atoms with Crippen LogP contribution in [-0.4, -0.2) is 82.0 Å². The normalized spacial score (nSPS) is 13.5. The van der Waals surface area contributed by atoms with Crippen LogP contribution in [0.1, 0.15) is 15.9 Å². The number of nitrogens with two attached hydrogens (primary N) is 1. The Kier molecular flexibility index (Phi) is 8.24. The summed E-state index contributed by atoms with van der Waals surface area (Å²) in [6.07, 6.45) is 5.08. The number of hydrogen-bond donors (Lipinski definition) is 3. The lowest BCUT2D eigenvalue weighted by Gasteiger charge is -2.35. The average Bonchev–Trinajstić information content (AvgIpc) is 3.41. The Morgan fingerprint density at radius 2 is 1.78 bits per heavy atom. The molecule has 1 aliphatic rings. The molecule has 2 aromatic carbocycles. The third-order valence-corrected chi connectivity index (χ3v) is 6.80. The van der Waals surface area contributed by atoms with Crippen LogP contribution in [-0.2, 0) is 0 Å². The number of piperazine rings is 1. The molecule has 11 nitrogen and oxygen atoms in total. The van der Waals surface area contributed by atoms with Crippen molar-refractivity contribution in [3.63, 3.8) is 0 Å². The van der Waals surface area contributed by atoms with Crippen molar-refractivity contribution in [2.75, 3.05) is 44.6 Å². The van der Waals surface area contributed by atoms with Gasteiger partial charge in [-0.2, -0.15) is 8.78 Å². The zero-order valence-electron chi connectivity index (χ0n) is 22.4. The van der Waals surface area contributed by atoms with Gasteiger partial charge in [0.1, 0.15) is 5.75 Å². The quantitative estimate of drug-likeness (QED) is 0.299. The van der Waals surface area contributed by atoms with Crippen LogP contribution in [0.3, 0.4) is 0 Å². The van der Waals surface area contributed by atoms with Gasteiger partial charge in [0.15, 0.2) is 11.5 Å². The topological polar surface area (TPSA) is 130 Å². The molecule has 3 amide bonds. The Balaban J connectivity index is 1.27. The molecular formula is C28H30F2N8O3. The summed E-state index contributed by atoms with van der Waals surface area (Å²) >= 11 is 0. The van der Waals surface area contributed by atoms with Gasteiger partial charge in [-0.3, -0.25) is 9.20 Å². The van der Waals surface area contributed by atoms with Crippen LogP contribution in [0.15, 0.2) is 61.1 Å². The number of nitrogens with one attached hydrogen (secondary N) is 2. The van der Waals surface area contributed by atoms with Crippen LogP contribution in [0.5, 0.6) is 5.75 Å². The SMILES string of the molecule is Cc1cc(Nc2nccn3c(-c4ccc(OC(F)F)cc4)cnc23)ccc1C(=O)N1CCN(C(=O)NCCN)CC1. The maximum atomic E-state index is 13.2. The minimum Gasteiger partial charge on any atom is -0.435 e. The highest BCUT2D eigenvalue weighted by atomic mass is 19.3. The molecule has 0 atom stereocenters. The Bertz CT molecular complexity index is 1540. The van der Waals surface area contributed by atoms with E-state index in [0.717, 1.165) is 22.5 Å². The number of anilines is 2. The Labute approximate surface area is 234 Å². The van der Waals surface area contributed by atoms with E-state index in [1.165, 1.54) is 12.1 Å². The summed E-state index contributed by atoms with van der Waals surface area (Å²) in [7, 11) is 0. The first-order valence-corrected chi connectivity index (χ1v) is 13.1.